The van der Waals surface area contributed by atoms with Crippen molar-refractivity contribution in [3.05, 3.63) is 132 Å². The Kier molecular flexibility index (Phi) is 7.85. The molecule has 35 heavy (non-hydrogen) atoms. The van der Waals surface area contributed by atoms with Crippen LogP contribution in [0.5, 0.6) is 11.5 Å². The molecule has 5 heteroatoms. The Hall–Kier alpha value is -4.90. The van der Waals surface area contributed by atoms with Crippen LogP contribution in [0.4, 0.5) is 11.4 Å². The van der Waals surface area contributed by atoms with Crippen LogP contribution >= 0.6 is 0 Å². The van der Waals surface area contributed by atoms with Gasteiger partial charge in [0.2, 0.25) is 11.8 Å². The molecule has 0 saturated heterocycles. The van der Waals surface area contributed by atoms with Crippen LogP contribution in [0.3, 0.4) is 0 Å². The molecule has 0 fully saturated rings. The molecule has 0 atom stereocenters. The van der Waals surface area contributed by atoms with Crippen molar-refractivity contribution in [2.75, 3.05) is 10.6 Å². The average Bonchev–Trinajstić information content (AvgIpc) is 2.88. The predicted octanol–water partition coefficient (Wildman–Crippen LogP) is 6.78. The molecule has 5 nitrogen and oxygen atoms in total. The van der Waals surface area contributed by atoms with Crippen molar-refractivity contribution < 1.29 is 14.3 Å². The smallest absolute Gasteiger partial charge is 0.248 e. The van der Waals surface area contributed by atoms with Crippen LogP contribution in [0.2, 0.25) is 0 Å². The summed E-state index contributed by atoms with van der Waals surface area (Å²) in [6, 6.07) is 33.5. The third-order valence-corrected chi connectivity index (χ3v) is 4.89. The van der Waals surface area contributed by atoms with E-state index in [9.17, 15) is 9.59 Å². The van der Waals surface area contributed by atoms with E-state index in [1.807, 2.05) is 60.7 Å². The number of hydrogen-bond acceptors (Lipinski definition) is 3. The maximum Gasteiger partial charge on any atom is 0.248 e. The van der Waals surface area contributed by atoms with Crippen molar-refractivity contribution in [3.63, 3.8) is 0 Å². The fraction of sp³-hybridized carbons (Fsp3) is 0. The second kappa shape index (κ2) is 11.8. The summed E-state index contributed by atoms with van der Waals surface area (Å²) in [5.74, 6) is 0.642. The molecule has 4 aromatic rings. The minimum Gasteiger partial charge on any atom is -0.457 e. The normalized spacial score (nSPS) is 10.9. The van der Waals surface area contributed by atoms with E-state index in [2.05, 4.69) is 10.6 Å². The summed E-state index contributed by atoms with van der Waals surface area (Å²) in [5.41, 5.74) is 3.12. The molecule has 0 saturated carbocycles. The fourth-order valence-corrected chi connectivity index (χ4v) is 3.25. The first-order chi connectivity index (χ1) is 17.1. The maximum absolute atomic E-state index is 12.3. The molecular formula is C30H24N2O3. The summed E-state index contributed by atoms with van der Waals surface area (Å²) in [4.78, 5) is 24.5. The van der Waals surface area contributed by atoms with Crippen molar-refractivity contribution in [2.45, 2.75) is 0 Å². The summed E-state index contributed by atoms with van der Waals surface area (Å²) >= 11 is 0. The van der Waals surface area contributed by atoms with Gasteiger partial charge in [0, 0.05) is 35.7 Å². The Balaban J connectivity index is 1.35. The molecular weight excluding hydrogens is 436 g/mol. The molecule has 0 radical (unpaired) electrons. The van der Waals surface area contributed by atoms with Gasteiger partial charge in [0.1, 0.15) is 11.5 Å². The number of hydrogen-bond donors (Lipinski definition) is 2. The van der Waals surface area contributed by atoms with E-state index in [0.29, 0.717) is 22.9 Å². The van der Waals surface area contributed by atoms with Crippen LogP contribution in [0.15, 0.2) is 121 Å². The van der Waals surface area contributed by atoms with Crippen LogP contribution in [0, 0.1) is 0 Å². The van der Waals surface area contributed by atoms with Gasteiger partial charge >= 0.3 is 0 Å². The average molecular weight is 461 g/mol. The number of carbonyl (C=O) groups is 2. The molecule has 4 aromatic carbocycles. The molecule has 172 valence electrons. The molecule has 0 aliphatic carbocycles. The Morgan fingerprint density at radius 1 is 0.543 bits per heavy atom. The van der Waals surface area contributed by atoms with E-state index in [4.69, 9.17) is 4.74 Å². The highest BCUT2D eigenvalue weighted by Gasteiger charge is 2.04. The van der Waals surface area contributed by atoms with Crippen LogP contribution in [0.25, 0.3) is 12.2 Å². The molecule has 0 spiro atoms. The molecule has 2 N–H and O–H groups in total. The molecule has 0 aromatic heterocycles. The second-order valence-corrected chi connectivity index (χ2v) is 7.62. The highest BCUT2D eigenvalue weighted by Crippen LogP contribution is 2.26. The Morgan fingerprint density at radius 2 is 0.971 bits per heavy atom. The van der Waals surface area contributed by atoms with Crippen molar-refractivity contribution in [1.82, 2.24) is 0 Å². The number of anilines is 2. The largest absolute Gasteiger partial charge is 0.457 e. The second-order valence-electron chi connectivity index (χ2n) is 7.62. The van der Waals surface area contributed by atoms with E-state index in [1.54, 1.807) is 60.7 Å². The van der Waals surface area contributed by atoms with Gasteiger partial charge in [-0.3, -0.25) is 9.59 Å². The number of benzene rings is 4. The molecule has 0 bridgehead atoms. The van der Waals surface area contributed by atoms with E-state index < -0.39 is 0 Å². The first-order valence-corrected chi connectivity index (χ1v) is 11.1. The Bertz CT molecular complexity index is 1240. The van der Waals surface area contributed by atoms with Gasteiger partial charge in [0.05, 0.1) is 0 Å². The zero-order valence-corrected chi connectivity index (χ0v) is 18.9. The molecule has 0 heterocycles. The van der Waals surface area contributed by atoms with Gasteiger partial charge in [0.15, 0.2) is 0 Å². The number of amides is 2. The van der Waals surface area contributed by atoms with Gasteiger partial charge in [0.25, 0.3) is 0 Å². The highest BCUT2D eigenvalue weighted by molar-refractivity contribution is 6.02. The van der Waals surface area contributed by atoms with E-state index in [0.717, 1.165) is 11.1 Å². The molecule has 0 unspecified atom stereocenters. The minimum absolute atomic E-state index is 0.237. The highest BCUT2D eigenvalue weighted by atomic mass is 16.5. The van der Waals surface area contributed by atoms with Gasteiger partial charge < -0.3 is 15.4 Å². The summed E-state index contributed by atoms with van der Waals surface area (Å²) in [7, 11) is 0. The van der Waals surface area contributed by atoms with Crippen LogP contribution in [-0.2, 0) is 9.59 Å². The van der Waals surface area contributed by atoms with Crippen LogP contribution in [0.1, 0.15) is 11.1 Å². The Labute approximate surface area is 204 Å². The van der Waals surface area contributed by atoms with Gasteiger partial charge in [-0.2, -0.15) is 0 Å². The lowest BCUT2D eigenvalue weighted by Gasteiger charge is -2.10. The van der Waals surface area contributed by atoms with Gasteiger partial charge in [-0.05, 0) is 47.5 Å². The lowest BCUT2D eigenvalue weighted by atomic mass is 10.2. The summed E-state index contributed by atoms with van der Waals surface area (Å²) in [5, 5.41) is 5.67. The topological polar surface area (TPSA) is 67.4 Å². The number of rotatable bonds is 8. The number of carbonyl (C=O) groups excluding carboxylic acids is 2. The van der Waals surface area contributed by atoms with Crippen molar-refractivity contribution >= 4 is 35.3 Å². The first-order valence-electron chi connectivity index (χ1n) is 11.1. The number of ether oxygens (including phenoxy) is 1. The quantitative estimate of drug-likeness (QED) is 0.285. The molecule has 0 aliphatic rings. The minimum atomic E-state index is -0.237. The lowest BCUT2D eigenvalue weighted by Crippen LogP contribution is -2.08. The van der Waals surface area contributed by atoms with E-state index in [1.165, 1.54) is 12.2 Å². The standard InChI is InChI=1S/C30H24N2O3/c33-29(19-17-23-9-3-1-4-10-23)31-25-13-7-15-27(21-25)35-28-16-8-14-26(22-28)32-30(34)20-18-24-11-5-2-6-12-24/h1-22H,(H,31,33)(H,32,34)/b19-17+,20-18+. The van der Waals surface area contributed by atoms with Gasteiger partial charge in [-0.1, -0.05) is 72.8 Å². The van der Waals surface area contributed by atoms with Crippen molar-refractivity contribution in [2.24, 2.45) is 0 Å². The third kappa shape index (κ3) is 7.58. The summed E-state index contributed by atoms with van der Waals surface area (Å²) in [6.07, 6.45) is 6.48. The van der Waals surface area contributed by atoms with Crippen molar-refractivity contribution in [3.8, 4) is 11.5 Å². The summed E-state index contributed by atoms with van der Waals surface area (Å²) in [6.45, 7) is 0. The lowest BCUT2D eigenvalue weighted by molar-refractivity contribution is -0.112. The first kappa shape index (κ1) is 23.3. The maximum atomic E-state index is 12.3. The molecule has 4 rings (SSSR count). The monoisotopic (exact) mass is 460 g/mol. The zero-order valence-electron chi connectivity index (χ0n) is 18.9. The van der Waals surface area contributed by atoms with Gasteiger partial charge in [-0.25, -0.2) is 0 Å². The van der Waals surface area contributed by atoms with Gasteiger partial charge in [-0.15, -0.1) is 0 Å². The van der Waals surface area contributed by atoms with Crippen molar-refractivity contribution in [1.29, 1.82) is 0 Å². The summed E-state index contributed by atoms with van der Waals surface area (Å²) < 4.78 is 5.94. The van der Waals surface area contributed by atoms with Crippen LogP contribution < -0.4 is 15.4 Å². The molecule has 0 aliphatic heterocycles. The fourth-order valence-electron chi connectivity index (χ4n) is 3.25. The SMILES string of the molecule is O=C(/C=C/c1ccccc1)Nc1cccc(Oc2cccc(NC(=O)/C=C/c3ccccc3)c2)c1. The zero-order chi connectivity index (χ0) is 24.3. The Morgan fingerprint density at radius 3 is 1.40 bits per heavy atom. The third-order valence-electron chi connectivity index (χ3n) is 4.89. The number of nitrogens with one attached hydrogen (secondary N) is 2. The van der Waals surface area contributed by atoms with E-state index >= 15 is 0 Å². The van der Waals surface area contributed by atoms with Crippen LogP contribution in [-0.4, -0.2) is 11.8 Å². The predicted molar refractivity (Wildman–Crippen MR) is 141 cm³/mol. The molecule has 2 amide bonds. The van der Waals surface area contributed by atoms with E-state index in [-0.39, 0.29) is 11.8 Å².